The zero-order valence-electron chi connectivity index (χ0n) is 11.1. The number of hydrogen-bond donors (Lipinski definition) is 1. The first-order valence-electron chi connectivity index (χ1n) is 6.03. The summed E-state index contributed by atoms with van der Waals surface area (Å²) in [4.78, 5) is 23.6. The van der Waals surface area contributed by atoms with E-state index in [9.17, 15) is 4.79 Å². The van der Waals surface area contributed by atoms with Crippen LogP contribution in [0, 0.1) is 0 Å². The summed E-state index contributed by atoms with van der Waals surface area (Å²) in [5, 5.41) is 8.89. The van der Waals surface area contributed by atoms with Gasteiger partial charge in [0.15, 0.2) is 0 Å². The third-order valence-electron chi connectivity index (χ3n) is 2.70. The van der Waals surface area contributed by atoms with E-state index >= 15 is 0 Å². The van der Waals surface area contributed by atoms with Gasteiger partial charge in [0.25, 0.3) is 0 Å². The van der Waals surface area contributed by atoms with Crippen LogP contribution in [0.3, 0.4) is 0 Å². The molecule has 18 heavy (non-hydrogen) atoms. The largest absolute Gasteiger partial charge is 0.392 e. The topological polar surface area (TPSA) is 69.6 Å². The van der Waals surface area contributed by atoms with Crippen molar-refractivity contribution in [2.45, 2.75) is 20.5 Å². The van der Waals surface area contributed by atoms with Crippen molar-refractivity contribution in [3.63, 3.8) is 0 Å². The molecule has 0 bridgehead atoms. The van der Waals surface area contributed by atoms with E-state index in [1.54, 1.807) is 29.2 Å². The number of aliphatic hydroxyl groups is 1. The molecular formula is C12H20N4O2. The number of likely N-dealkylation sites (N-methyl/N-ethyl adjacent to an activating group) is 2. The van der Waals surface area contributed by atoms with Gasteiger partial charge in [-0.1, -0.05) is 0 Å². The minimum atomic E-state index is -0.0810. The maximum Gasteiger partial charge on any atom is 0.242 e. The van der Waals surface area contributed by atoms with Crippen molar-refractivity contribution in [1.82, 2.24) is 14.9 Å². The normalized spacial score (nSPS) is 10.2. The number of aromatic nitrogens is 2. The molecular weight excluding hydrogens is 232 g/mol. The van der Waals surface area contributed by atoms with Crippen molar-refractivity contribution >= 4 is 11.9 Å². The molecule has 0 aromatic carbocycles. The van der Waals surface area contributed by atoms with Crippen molar-refractivity contribution in [3.05, 3.63) is 18.0 Å². The Morgan fingerprint density at radius 1 is 1.28 bits per heavy atom. The van der Waals surface area contributed by atoms with Gasteiger partial charge in [-0.3, -0.25) is 4.79 Å². The van der Waals surface area contributed by atoms with Crippen LogP contribution in [-0.2, 0) is 11.4 Å². The highest BCUT2D eigenvalue weighted by atomic mass is 16.3. The molecule has 1 heterocycles. The molecule has 6 heteroatoms. The third-order valence-corrected chi connectivity index (χ3v) is 2.70. The van der Waals surface area contributed by atoms with E-state index in [0.717, 1.165) is 0 Å². The summed E-state index contributed by atoms with van der Waals surface area (Å²) in [5.41, 5.74) is 0.655. The number of aliphatic hydroxyl groups excluding tert-OH is 1. The molecule has 0 radical (unpaired) electrons. The van der Waals surface area contributed by atoms with Gasteiger partial charge in [0.1, 0.15) is 0 Å². The van der Waals surface area contributed by atoms with E-state index in [1.807, 2.05) is 13.8 Å². The van der Waals surface area contributed by atoms with Gasteiger partial charge in [-0.25, -0.2) is 9.97 Å². The molecule has 1 aromatic heterocycles. The lowest BCUT2D eigenvalue weighted by Crippen LogP contribution is -2.39. The maximum absolute atomic E-state index is 11.9. The van der Waals surface area contributed by atoms with Crippen molar-refractivity contribution in [3.8, 4) is 0 Å². The number of amides is 1. The van der Waals surface area contributed by atoms with Crippen LogP contribution in [0.25, 0.3) is 0 Å². The van der Waals surface area contributed by atoms with Gasteiger partial charge < -0.3 is 14.9 Å². The average Bonchev–Trinajstić information content (AvgIpc) is 2.40. The highest BCUT2D eigenvalue weighted by Crippen LogP contribution is 2.05. The molecule has 1 rings (SSSR count). The van der Waals surface area contributed by atoms with E-state index in [1.165, 1.54) is 0 Å². The van der Waals surface area contributed by atoms with Crippen molar-refractivity contribution < 1.29 is 9.90 Å². The van der Waals surface area contributed by atoms with E-state index in [2.05, 4.69) is 9.97 Å². The Morgan fingerprint density at radius 2 is 1.83 bits per heavy atom. The van der Waals surface area contributed by atoms with E-state index in [-0.39, 0.29) is 19.1 Å². The second-order valence-corrected chi connectivity index (χ2v) is 3.97. The molecule has 1 aromatic rings. The smallest absolute Gasteiger partial charge is 0.242 e. The Labute approximate surface area is 107 Å². The summed E-state index contributed by atoms with van der Waals surface area (Å²) in [6.45, 7) is 5.48. The Kier molecular flexibility index (Phi) is 5.51. The predicted octanol–water partition coefficient (Wildman–Crippen LogP) is 0.273. The lowest BCUT2D eigenvalue weighted by molar-refractivity contribution is -0.129. The van der Waals surface area contributed by atoms with Gasteiger partial charge in [-0.05, 0) is 13.8 Å². The second kappa shape index (κ2) is 6.90. The summed E-state index contributed by atoms with van der Waals surface area (Å²) < 4.78 is 0. The van der Waals surface area contributed by atoms with Crippen LogP contribution in [0.5, 0.6) is 0 Å². The van der Waals surface area contributed by atoms with Gasteiger partial charge >= 0.3 is 0 Å². The SMILES string of the molecule is CCN(CC)C(=O)CN(C)c1ncc(CO)cn1. The van der Waals surface area contributed by atoms with Gasteiger partial charge in [-0.2, -0.15) is 0 Å². The predicted molar refractivity (Wildman–Crippen MR) is 69.2 cm³/mol. The minimum absolute atomic E-state index is 0.0531. The molecule has 0 saturated heterocycles. The Hall–Kier alpha value is -1.69. The highest BCUT2D eigenvalue weighted by Gasteiger charge is 2.14. The van der Waals surface area contributed by atoms with Gasteiger partial charge in [0.05, 0.1) is 13.2 Å². The first-order valence-corrected chi connectivity index (χ1v) is 6.03. The molecule has 0 aliphatic rings. The summed E-state index contributed by atoms with van der Waals surface area (Å²) in [6.07, 6.45) is 3.11. The molecule has 0 atom stereocenters. The third kappa shape index (κ3) is 3.66. The fraction of sp³-hybridized carbons (Fsp3) is 0.583. The lowest BCUT2D eigenvalue weighted by atomic mass is 10.4. The number of carbonyl (C=O) groups excluding carboxylic acids is 1. The standard InChI is InChI=1S/C12H20N4O2/c1-4-16(5-2)11(18)8-15(3)12-13-6-10(9-17)7-14-12/h6-7,17H,4-5,8-9H2,1-3H3. The molecule has 0 aliphatic heterocycles. The molecule has 0 saturated carbocycles. The lowest BCUT2D eigenvalue weighted by Gasteiger charge is -2.23. The van der Waals surface area contributed by atoms with Crippen molar-refractivity contribution in [2.75, 3.05) is 31.6 Å². The summed E-state index contributed by atoms with van der Waals surface area (Å²) >= 11 is 0. The van der Waals surface area contributed by atoms with Gasteiger partial charge in [-0.15, -0.1) is 0 Å². The van der Waals surface area contributed by atoms with Crippen molar-refractivity contribution in [2.24, 2.45) is 0 Å². The molecule has 1 amide bonds. The maximum atomic E-state index is 11.9. The first-order chi connectivity index (χ1) is 8.62. The Morgan fingerprint density at radius 3 is 2.28 bits per heavy atom. The quantitative estimate of drug-likeness (QED) is 0.787. The second-order valence-electron chi connectivity index (χ2n) is 3.97. The van der Waals surface area contributed by atoms with Crippen LogP contribution in [-0.4, -0.2) is 52.6 Å². The molecule has 0 spiro atoms. The van der Waals surface area contributed by atoms with Crippen LogP contribution in [0.4, 0.5) is 5.95 Å². The molecule has 6 nitrogen and oxygen atoms in total. The molecule has 0 unspecified atom stereocenters. The van der Waals surface area contributed by atoms with E-state index in [0.29, 0.717) is 24.6 Å². The van der Waals surface area contributed by atoms with E-state index < -0.39 is 0 Å². The summed E-state index contributed by atoms with van der Waals surface area (Å²) in [7, 11) is 1.77. The number of rotatable bonds is 6. The van der Waals surface area contributed by atoms with E-state index in [4.69, 9.17) is 5.11 Å². The zero-order chi connectivity index (χ0) is 13.5. The van der Waals surface area contributed by atoms with Crippen LogP contribution in [0.15, 0.2) is 12.4 Å². The number of hydrogen-bond acceptors (Lipinski definition) is 5. The average molecular weight is 252 g/mol. The fourth-order valence-electron chi connectivity index (χ4n) is 1.58. The first kappa shape index (κ1) is 14.4. The summed E-state index contributed by atoms with van der Waals surface area (Å²) in [6, 6.07) is 0. The van der Waals surface area contributed by atoms with Crippen LogP contribution in [0.2, 0.25) is 0 Å². The number of carbonyl (C=O) groups is 1. The fourth-order valence-corrected chi connectivity index (χ4v) is 1.58. The Balaban J connectivity index is 2.63. The highest BCUT2D eigenvalue weighted by molar-refractivity contribution is 5.80. The number of nitrogens with zero attached hydrogens (tertiary/aromatic N) is 4. The van der Waals surface area contributed by atoms with Gasteiger partial charge in [0, 0.05) is 38.1 Å². The molecule has 100 valence electrons. The van der Waals surface area contributed by atoms with Crippen LogP contribution >= 0.6 is 0 Å². The Bertz CT molecular complexity index is 376. The minimum Gasteiger partial charge on any atom is -0.392 e. The van der Waals surface area contributed by atoms with Gasteiger partial charge in [0.2, 0.25) is 11.9 Å². The van der Waals surface area contributed by atoms with Crippen LogP contribution < -0.4 is 4.90 Å². The summed E-state index contributed by atoms with van der Waals surface area (Å²) in [5.74, 6) is 0.532. The zero-order valence-corrected chi connectivity index (χ0v) is 11.1. The monoisotopic (exact) mass is 252 g/mol. The molecule has 1 N–H and O–H groups in total. The van der Waals surface area contributed by atoms with Crippen LogP contribution in [0.1, 0.15) is 19.4 Å². The molecule has 0 aliphatic carbocycles. The molecule has 0 fully saturated rings. The number of anilines is 1. The van der Waals surface area contributed by atoms with Crippen molar-refractivity contribution in [1.29, 1.82) is 0 Å².